The molecule has 2 aromatic carbocycles. The van der Waals surface area contributed by atoms with Gasteiger partial charge >= 0.3 is 0 Å². The lowest BCUT2D eigenvalue weighted by atomic mass is 9.95. The molecule has 1 fully saturated rings. The molecule has 1 amide bonds. The SMILES string of the molecule is COc1ccc(CC[C@H]2CCCCN2C(=O)c2cccc(Br)c2)cc1OC. The number of halogens is 1. The molecule has 0 N–H and O–H groups in total. The van der Waals surface area contributed by atoms with Crippen LogP contribution in [0.25, 0.3) is 0 Å². The number of carbonyl (C=O) groups is 1. The number of amides is 1. The van der Waals surface area contributed by atoms with Crippen molar-refractivity contribution in [3.8, 4) is 11.5 Å². The van der Waals surface area contributed by atoms with Gasteiger partial charge in [-0.2, -0.15) is 0 Å². The summed E-state index contributed by atoms with van der Waals surface area (Å²) in [5.74, 6) is 1.62. The molecule has 1 heterocycles. The Bertz CT molecular complexity index is 793. The Morgan fingerprint density at radius 1 is 1.11 bits per heavy atom. The van der Waals surface area contributed by atoms with E-state index in [4.69, 9.17) is 9.47 Å². The Balaban J connectivity index is 1.70. The van der Waals surface area contributed by atoms with Gasteiger partial charge < -0.3 is 14.4 Å². The van der Waals surface area contributed by atoms with E-state index in [0.717, 1.165) is 53.8 Å². The first-order valence-corrected chi connectivity index (χ1v) is 10.2. The van der Waals surface area contributed by atoms with E-state index < -0.39 is 0 Å². The van der Waals surface area contributed by atoms with E-state index in [0.29, 0.717) is 0 Å². The van der Waals surface area contributed by atoms with Gasteiger partial charge in [-0.05, 0) is 68.0 Å². The van der Waals surface area contributed by atoms with Gasteiger partial charge in [0.25, 0.3) is 5.91 Å². The minimum absolute atomic E-state index is 0.133. The topological polar surface area (TPSA) is 38.8 Å². The lowest BCUT2D eigenvalue weighted by Gasteiger charge is -2.36. The number of aryl methyl sites for hydroxylation is 1. The molecule has 1 aliphatic rings. The number of rotatable bonds is 6. The molecular weight excluding hydrogens is 406 g/mol. The Hall–Kier alpha value is -2.01. The minimum atomic E-state index is 0.133. The maximum absolute atomic E-state index is 13.0. The second-order valence-electron chi connectivity index (χ2n) is 6.89. The number of nitrogens with zero attached hydrogens (tertiary/aromatic N) is 1. The summed E-state index contributed by atoms with van der Waals surface area (Å²) in [4.78, 5) is 15.1. The zero-order valence-corrected chi connectivity index (χ0v) is 17.5. The molecule has 1 atom stereocenters. The van der Waals surface area contributed by atoms with Gasteiger partial charge in [-0.1, -0.05) is 28.1 Å². The highest BCUT2D eigenvalue weighted by atomic mass is 79.9. The number of hydrogen-bond donors (Lipinski definition) is 0. The van der Waals surface area contributed by atoms with Gasteiger partial charge in [-0.15, -0.1) is 0 Å². The van der Waals surface area contributed by atoms with Crippen molar-refractivity contribution in [3.05, 3.63) is 58.1 Å². The fourth-order valence-electron chi connectivity index (χ4n) is 3.72. The summed E-state index contributed by atoms with van der Waals surface area (Å²) in [7, 11) is 3.30. The van der Waals surface area contributed by atoms with E-state index in [-0.39, 0.29) is 11.9 Å². The number of carbonyl (C=O) groups excluding carboxylic acids is 1. The summed E-state index contributed by atoms with van der Waals surface area (Å²) in [5, 5.41) is 0. The van der Waals surface area contributed by atoms with Gasteiger partial charge in [0.1, 0.15) is 0 Å². The van der Waals surface area contributed by atoms with Gasteiger partial charge in [-0.3, -0.25) is 4.79 Å². The first-order valence-electron chi connectivity index (χ1n) is 9.40. The molecular formula is C22H26BrNO3. The summed E-state index contributed by atoms with van der Waals surface area (Å²) in [6, 6.07) is 14.0. The molecule has 0 aliphatic carbocycles. The summed E-state index contributed by atoms with van der Waals surface area (Å²) in [6.07, 6.45) is 5.18. The molecule has 0 spiro atoms. The van der Waals surface area contributed by atoms with Crippen LogP contribution in [-0.4, -0.2) is 37.6 Å². The summed E-state index contributed by atoms with van der Waals surface area (Å²) < 4.78 is 11.7. The lowest BCUT2D eigenvalue weighted by Crippen LogP contribution is -2.44. The molecule has 1 saturated heterocycles. The zero-order chi connectivity index (χ0) is 19.2. The molecule has 27 heavy (non-hydrogen) atoms. The maximum atomic E-state index is 13.0. The van der Waals surface area contributed by atoms with E-state index in [1.54, 1.807) is 14.2 Å². The summed E-state index contributed by atoms with van der Waals surface area (Å²) >= 11 is 3.46. The van der Waals surface area contributed by atoms with Crippen LogP contribution < -0.4 is 9.47 Å². The van der Waals surface area contributed by atoms with Crippen LogP contribution in [0.5, 0.6) is 11.5 Å². The molecule has 1 aliphatic heterocycles. The van der Waals surface area contributed by atoms with Gasteiger partial charge in [0.2, 0.25) is 0 Å². The van der Waals surface area contributed by atoms with Crippen molar-refractivity contribution >= 4 is 21.8 Å². The van der Waals surface area contributed by atoms with Gasteiger partial charge in [0.05, 0.1) is 14.2 Å². The molecule has 0 bridgehead atoms. The molecule has 144 valence electrons. The summed E-state index contributed by atoms with van der Waals surface area (Å²) in [6.45, 7) is 0.835. The van der Waals surface area contributed by atoms with Crippen LogP contribution in [0.1, 0.15) is 41.6 Å². The second kappa shape index (κ2) is 9.27. The Morgan fingerprint density at radius 3 is 2.67 bits per heavy atom. The van der Waals surface area contributed by atoms with Gasteiger partial charge in [0.15, 0.2) is 11.5 Å². The lowest BCUT2D eigenvalue weighted by molar-refractivity contribution is 0.0602. The molecule has 3 rings (SSSR count). The summed E-state index contributed by atoms with van der Waals surface area (Å²) in [5.41, 5.74) is 1.95. The van der Waals surface area contributed by atoms with E-state index in [1.165, 1.54) is 12.0 Å². The fraction of sp³-hybridized carbons (Fsp3) is 0.409. The zero-order valence-electron chi connectivity index (χ0n) is 15.9. The largest absolute Gasteiger partial charge is 0.493 e. The van der Waals surface area contributed by atoms with Crippen molar-refractivity contribution in [2.75, 3.05) is 20.8 Å². The smallest absolute Gasteiger partial charge is 0.254 e. The Kier molecular flexibility index (Phi) is 6.78. The fourth-order valence-corrected chi connectivity index (χ4v) is 4.12. The van der Waals surface area contributed by atoms with Crippen LogP contribution in [0.2, 0.25) is 0 Å². The van der Waals surface area contributed by atoms with E-state index in [2.05, 4.69) is 26.9 Å². The highest BCUT2D eigenvalue weighted by Crippen LogP contribution is 2.29. The van der Waals surface area contributed by atoms with Crippen molar-refractivity contribution in [1.82, 2.24) is 4.90 Å². The molecule has 4 nitrogen and oxygen atoms in total. The standard InChI is InChI=1S/C22H26BrNO3/c1-26-20-12-10-16(14-21(20)27-2)9-11-19-8-3-4-13-24(19)22(25)17-6-5-7-18(23)15-17/h5-7,10,12,14-15,19H,3-4,8-9,11,13H2,1-2H3/t19-/m1/s1. The van der Waals surface area contributed by atoms with Crippen molar-refractivity contribution in [3.63, 3.8) is 0 Å². The normalized spacial score (nSPS) is 16.9. The minimum Gasteiger partial charge on any atom is -0.493 e. The number of methoxy groups -OCH3 is 2. The molecule has 0 unspecified atom stereocenters. The third-order valence-corrected chi connectivity index (χ3v) is 5.67. The number of ether oxygens (including phenoxy) is 2. The van der Waals surface area contributed by atoms with Crippen molar-refractivity contribution in [1.29, 1.82) is 0 Å². The van der Waals surface area contributed by atoms with Gasteiger partial charge in [0, 0.05) is 22.6 Å². The highest BCUT2D eigenvalue weighted by molar-refractivity contribution is 9.10. The van der Waals surface area contributed by atoms with E-state index in [1.807, 2.05) is 36.4 Å². The van der Waals surface area contributed by atoms with E-state index >= 15 is 0 Å². The van der Waals surface area contributed by atoms with Crippen LogP contribution in [-0.2, 0) is 6.42 Å². The average Bonchev–Trinajstić information content (AvgIpc) is 2.71. The molecule has 2 aromatic rings. The Labute approximate surface area is 169 Å². The molecule has 0 saturated carbocycles. The maximum Gasteiger partial charge on any atom is 0.254 e. The number of likely N-dealkylation sites (tertiary alicyclic amines) is 1. The third kappa shape index (κ3) is 4.83. The molecule has 0 aromatic heterocycles. The van der Waals surface area contributed by atoms with Gasteiger partial charge in [-0.25, -0.2) is 0 Å². The van der Waals surface area contributed by atoms with Crippen molar-refractivity contribution < 1.29 is 14.3 Å². The monoisotopic (exact) mass is 431 g/mol. The highest BCUT2D eigenvalue weighted by Gasteiger charge is 2.27. The third-order valence-electron chi connectivity index (χ3n) is 5.17. The van der Waals surface area contributed by atoms with Crippen LogP contribution in [0.4, 0.5) is 0 Å². The van der Waals surface area contributed by atoms with Crippen molar-refractivity contribution in [2.45, 2.75) is 38.1 Å². The number of benzene rings is 2. The first-order chi connectivity index (χ1) is 13.1. The predicted molar refractivity (Wildman–Crippen MR) is 111 cm³/mol. The number of piperidine rings is 1. The predicted octanol–water partition coefficient (Wildman–Crippen LogP) is 5.09. The molecule has 0 radical (unpaired) electrons. The number of hydrogen-bond acceptors (Lipinski definition) is 3. The molecule has 5 heteroatoms. The van der Waals surface area contributed by atoms with Crippen molar-refractivity contribution in [2.24, 2.45) is 0 Å². The first kappa shape index (κ1) is 19.7. The average molecular weight is 432 g/mol. The van der Waals surface area contributed by atoms with E-state index in [9.17, 15) is 4.79 Å². The van der Waals surface area contributed by atoms with Crippen LogP contribution in [0, 0.1) is 0 Å². The Morgan fingerprint density at radius 2 is 1.93 bits per heavy atom. The van der Waals surface area contributed by atoms with Crippen LogP contribution in [0.3, 0.4) is 0 Å². The quantitative estimate of drug-likeness (QED) is 0.638. The van der Waals surface area contributed by atoms with Crippen LogP contribution >= 0.6 is 15.9 Å². The second-order valence-corrected chi connectivity index (χ2v) is 7.80. The van der Waals surface area contributed by atoms with Crippen LogP contribution in [0.15, 0.2) is 46.9 Å².